The zero-order valence-electron chi connectivity index (χ0n) is 11.1. The Morgan fingerprint density at radius 2 is 2.16 bits per heavy atom. The van der Waals surface area contributed by atoms with Gasteiger partial charge < -0.3 is 10.6 Å². The van der Waals surface area contributed by atoms with E-state index >= 15 is 0 Å². The molecule has 0 aromatic heterocycles. The van der Waals surface area contributed by atoms with Gasteiger partial charge in [-0.3, -0.25) is 4.79 Å². The van der Waals surface area contributed by atoms with Gasteiger partial charge in [0.25, 0.3) is 0 Å². The van der Waals surface area contributed by atoms with Crippen LogP contribution in [0.25, 0.3) is 0 Å². The highest BCUT2D eigenvalue weighted by molar-refractivity contribution is 9.10. The summed E-state index contributed by atoms with van der Waals surface area (Å²) in [6.45, 7) is 4.15. The number of rotatable bonds is 2. The third-order valence-electron chi connectivity index (χ3n) is 4.54. The molecular weight excluding hydrogens is 304 g/mol. The fraction of sp³-hybridized carbons (Fsp3) is 0.533. The second-order valence-corrected chi connectivity index (χ2v) is 6.68. The van der Waals surface area contributed by atoms with E-state index in [1.807, 2.05) is 25.1 Å². The van der Waals surface area contributed by atoms with Gasteiger partial charge in [0.15, 0.2) is 0 Å². The van der Waals surface area contributed by atoms with E-state index in [0.29, 0.717) is 5.41 Å². The minimum atomic E-state index is 0.192. The third-order valence-corrected chi connectivity index (χ3v) is 5.40. The van der Waals surface area contributed by atoms with Gasteiger partial charge in [0.1, 0.15) is 0 Å². The summed E-state index contributed by atoms with van der Waals surface area (Å²) in [6, 6.07) is 5.97. The number of aryl methyl sites for hydroxylation is 1. The van der Waals surface area contributed by atoms with Gasteiger partial charge in [-0.2, -0.15) is 0 Å². The number of piperidine rings is 1. The van der Waals surface area contributed by atoms with Crippen LogP contribution in [0.5, 0.6) is 0 Å². The van der Waals surface area contributed by atoms with Gasteiger partial charge in [0.05, 0.1) is 0 Å². The quantitative estimate of drug-likeness (QED) is 0.878. The highest BCUT2D eigenvalue weighted by Gasteiger charge is 2.57. The summed E-state index contributed by atoms with van der Waals surface area (Å²) in [6.07, 6.45) is 3.35. The van der Waals surface area contributed by atoms with Crippen molar-refractivity contribution in [3.05, 3.63) is 28.2 Å². The van der Waals surface area contributed by atoms with Crippen LogP contribution in [0.1, 0.15) is 24.8 Å². The summed E-state index contributed by atoms with van der Waals surface area (Å²) >= 11 is 3.50. The number of halogens is 1. The lowest BCUT2D eigenvalue weighted by atomic mass is 9.92. The highest BCUT2D eigenvalue weighted by Crippen LogP contribution is 2.58. The molecule has 2 aliphatic rings. The van der Waals surface area contributed by atoms with E-state index in [0.717, 1.165) is 42.5 Å². The van der Waals surface area contributed by atoms with Crippen LogP contribution >= 0.6 is 15.9 Å². The maximum atomic E-state index is 12.3. The van der Waals surface area contributed by atoms with Crippen LogP contribution in [-0.2, 0) is 4.79 Å². The maximum Gasteiger partial charge on any atom is 0.228 e. The third kappa shape index (κ3) is 2.56. The Morgan fingerprint density at radius 1 is 1.42 bits per heavy atom. The molecule has 1 saturated heterocycles. The van der Waals surface area contributed by atoms with Crippen molar-refractivity contribution in [3.63, 3.8) is 0 Å². The first-order chi connectivity index (χ1) is 9.11. The summed E-state index contributed by atoms with van der Waals surface area (Å²) < 4.78 is 1.04. The van der Waals surface area contributed by atoms with E-state index in [1.54, 1.807) is 0 Å². The highest BCUT2D eigenvalue weighted by atomic mass is 79.9. The molecule has 1 spiro atoms. The SMILES string of the molecule is Cc1ccc(NC(=O)C2CC23CCNCC3)cc1Br. The van der Waals surface area contributed by atoms with Crippen LogP contribution in [0, 0.1) is 18.3 Å². The minimum Gasteiger partial charge on any atom is -0.326 e. The Labute approximate surface area is 122 Å². The van der Waals surface area contributed by atoms with E-state index in [-0.39, 0.29) is 11.8 Å². The second-order valence-electron chi connectivity index (χ2n) is 5.82. The molecule has 102 valence electrons. The number of hydrogen-bond donors (Lipinski definition) is 2. The number of carbonyl (C=O) groups excluding carboxylic acids is 1. The smallest absolute Gasteiger partial charge is 0.228 e. The van der Waals surface area contributed by atoms with E-state index in [4.69, 9.17) is 0 Å². The summed E-state index contributed by atoms with van der Waals surface area (Å²) in [4.78, 5) is 12.3. The van der Waals surface area contributed by atoms with Crippen LogP contribution < -0.4 is 10.6 Å². The van der Waals surface area contributed by atoms with Gasteiger partial charge >= 0.3 is 0 Å². The van der Waals surface area contributed by atoms with E-state index in [1.165, 1.54) is 5.56 Å². The average Bonchev–Trinajstić information content (AvgIpc) is 3.08. The Morgan fingerprint density at radius 3 is 2.84 bits per heavy atom. The van der Waals surface area contributed by atoms with Crippen LogP contribution in [0.3, 0.4) is 0 Å². The van der Waals surface area contributed by atoms with E-state index in [2.05, 4.69) is 26.6 Å². The number of amides is 1. The van der Waals surface area contributed by atoms with Crippen LogP contribution in [0.2, 0.25) is 0 Å². The molecular formula is C15H19BrN2O. The predicted molar refractivity (Wildman–Crippen MR) is 80.2 cm³/mol. The van der Waals surface area contributed by atoms with Crippen molar-refractivity contribution in [1.82, 2.24) is 5.32 Å². The topological polar surface area (TPSA) is 41.1 Å². The molecule has 3 nitrogen and oxygen atoms in total. The Bertz CT molecular complexity index is 509. The first-order valence-electron chi connectivity index (χ1n) is 6.88. The van der Waals surface area contributed by atoms with Crippen molar-refractivity contribution in [3.8, 4) is 0 Å². The maximum absolute atomic E-state index is 12.3. The lowest BCUT2D eigenvalue weighted by Gasteiger charge is -2.23. The first-order valence-corrected chi connectivity index (χ1v) is 7.68. The van der Waals surface area contributed by atoms with Crippen molar-refractivity contribution in [2.75, 3.05) is 18.4 Å². The van der Waals surface area contributed by atoms with Crippen molar-refractivity contribution in [1.29, 1.82) is 0 Å². The molecule has 1 aromatic carbocycles. The zero-order chi connectivity index (χ0) is 13.5. The van der Waals surface area contributed by atoms with Crippen molar-refractivity contribution >= 4 is 27.5 Å². The molecule has 1 unspecified atom stereocenters. The number of hydrogen-bond acceptors (Lipinski definition) is 2. The minimum absolute atomic E-state index is 0.192. The lowest BCUT2D eigenvalue weighted by molar-refractivity contribution is -0.118. The molecule has 2 N–H and O–H groups in total. The first kappa shape index (κ1) is 13.1. The van der Waals surface area contributed by atoms with Crippen molar-refractivity contribution in [2.24, 2.45) is 11.3 Å². The lowest BCUT2D eigenvalue weighted by Crippen LogP contribution is -2.31. The second kappa shape index (κ2) is 4.91. The molecule has 1 aromatic rings. The summed E-state index contributed by atoms with van der Waals surface area (Å²) in [5.74, 6) is 0.410. The van der Waals surface area contributed by atoms with Crippen LogP contribution in [-0.4, -0.2) is 19.0 Å². The summed E-state index contributed by atoms with van der Waals surface area (Å²) in [7, 11) is 0. The molecule has 0 radical (unpaired) electrons. The standard InChI is InChI=1S/C15H19BrN2O/c1-10-2-3-11(8-13(10)16)18-14(19)12-9-15(12)4-6-17-7-5-15/h2-3,8,12,17H,4-7,9H2,1H3,(H,18,19). The van der Waals surface area contributed by atoms with Crippen molar-refractivity contribution in [2.45, 2.75) is 26.2 Å². The van der Waals surface area contributed by atoms with Crippen LogP contribution in [0.15, 0.2) is 22.7 Å². The fourth-order valence-electron chi connectivity index (χ4n) is 3.10. The molecule has 19 heavy (non-hydrogen) atoms. The number of benzene rings is 1. The van der Waals surface area contributed by atoms with Gasteiger partial charge in [-0.05, 0) is 62.4 Å². The van der Waals surface area contributed by atoms with Gasteiger partial charge in [0, 0.05) is 16.1 Å². The molecule has 1 saturated carbocycles. The molecule has 1 amide bonds. The molecule has 4 heteroatoms. The Kier molecular flexibility index (Phi) is 3.39. The molecule has 2 fully saturated rings. The Hall–Kier alpha value is -0.870. The van der Waals surface area contributed by atoms with Gasteiger partial charge in [0.2, 0.25) is 5.91 Å². The van der Waals surface area contributed by atoms with Gasteiger partial charge in [-0.1, -0.05) is 22.0 Å². The largest absolute Gasteiger partial charge is 0.326 e. The monoisotopic (exact) mass is 322 g/mol. The summed E-state index contributed by atoms with van der Waals surface area (Å²) in [5, 5.41) is 6.42. The van der Waals surface area contributed by atoms with Crippen molar-refractivity contribution < 1.29 is 4.79 Å². The normalized spacial score (nSPS) is 24.2. The zero-order valence-corrected chi connectivity index (χ0v) is 12.7. The molecule has 1 aliphatic carbocycles. The Balaban J connectivity index is 1.64. The van der Waals surface area contributed by atoms with E-state index < -0.39 is 0 Å². The molecule has 1 atom stereocenters. The molecule has 1 heterocycles. The predicted octanol–water partition coefficient (Wildman–Crippen LogP) is 3.09. The molecule has 1 aliphatic heterocycles. The van der Waals surface area contributed by atoms with E-state index in [9.17, 15) is 4.79 Å². The number of anilines is 1. The molecule has 0 bridgehead atoms. The number of carbonyl (C=O) groups is 1. The average molecular weight is 323 g/mol. The number of nitrogens with one attached hydrogen (secondary N) is 2. The van der Waals surface area contributed by atoms with Gasteiger partial charge in [-0.15, -0.1) is 0 Å². The van der Waals surface area contributed by atoms with Crippen LogP contribution in [0.4, 0.5) is 5.69 Å². The van der Waals surface area contributed by atoms with Gasteiger partial charge in [-0.25, -0.2) is 0 Å². The molecule has 3 rings (SSSR count). The fourth-order valence-corrected chi connectivity index (χ4v) is 3.47. The summed E-state index contributed by atoms with van der Waals surface area (Å²) in [5.41, 5.74) is 2.37.